The monoisotopic (exact) mass is 224 g/mol. The molecule has 0 aromatic rings. The Kier molecular flexibility index (Phi) is 4.51. The van der Waals surface area contributed by atoms with Gasteiger partial charge in [0.25, 0.3) is 0 Å². The Hall–Kier alpha value is -1.15. The lowest BCUT2D eigenvalue weighted by atomic mass is 10.5. The normalized spacial score (nSPS) is 11.4. The molecule has 0 aliphatic heterocycles. The van der Waals surface area contributed by atoms with E-state index in [1.807, 2.05) is 5.32 Å². The minimum Gasteiger partial charge on any atom is -0.480 e. The van der Waals surface area contributed by atoms with Crippen molar-refractivity contribution in [1.29, 1.82) is 0 Å². The first-order valence-electron chi connectivity index (χ1n) is 3.63. The van der Waals surface area contributed by atoms with Crippen LogP contribution in [-0.2, 0) is 19.6 Å². The van der Waals surface area contributed by atoms with Crippen LogP contribution in [0, 0.1) is 0 Å². The molecule has 2 N–H and O–H groups in total. The van der Waals surface area contributed by atoms with Gasteiger partial charge in [-0.25, -0.2) is 8.42 Å². The Morgan fingerprint density at radius 3 is 2.29 bits per heavy atom. The van der Waals surface area contributed by atoms with Crippen molar-refractivity contribution in [2.45, 2.75) is 0 Å². The van der Waals surface area contributed by atoms with E-state index in [1.54, 1.807) is 0 Å². The average Bonchev–Trinajstić information content (AvgIpc) is 1.99. The molecule has 0 radical (unpaired) electrons. The third-order valence-electron chi connectivity index (χ3n) is 1.37. The van der Waals surface area contributed by atoms with Crippen LogP contribution < -0.4 is 5.32 Å². The molecule has 0 atom stereocenters. The highest BCUT2D eigenvalue weighted by atomic mass is 32.2. The van der Waals surface area contributed by atoms with Gasteiger partial charge in [0.05, 0.1) is 12.8 Å². The molecule has 7 nitrogen and oxygen atoms in total. The summed E-state index contributed by atoms with van der Waals surface area (Å²) in [6.45, 7) is -0.900. The zero-order valence-corrected chi connectivity index (χ0v) is 8.67. The van der Waals surface area contributed by atoms with Gasteiger partial charge in [-0.1, -0.05) is 0 Å². The molecule has 0 rings (SSSR count). The number of nitrogens with one attached hydrogen (secondary N) is 1. The van der Waals surface area contributed by atoms with E-state index in [4.69, 9.17) is 5.11 Å². The van der Waals surface area contributed by atoms with Crippen molar-refractivity contribution in [2.75, 3.05) is 26.4 Å². The Labute approximate surface area is 81.8 Å². The summed E-state index contributed by atoms with van der Waals surface area (Å²) in [5.74, 6) is -1.83. The molecule has 0 spiro atoms. The zero-order chi connectivity index (χ0) is 11.4. The van der Waals surface area contributed by atoms with E-state index in [1.165, 1.54) is 7.05 Å². The summed E-state index contributed by atoms with van der Waals surface area (Å²) >= 11 is 0. The standard InChI is InChI=1S/C6H12N2O5S/c1-8(14(2,12)13)4-5(9)7-3-6(10)11/h3-4H2,1-2H3,(H,7,9)(H,10,11). The Morgan fingerprint density at radius 2 is 1.93 bits per heavy atom. The number of carbonyl (C=O) groups is 2. The first-order valence-corrected chi connectivity index (χ1v) is 5.48. The first-order chi connectivity index (χ1) is 6.23. The molecule has 14 heavy (non-hydrogen) atoms. The lowest BCUT2D eigenvalue weighted by molar-refractivity contribution is -0.137. The number of carbonyl (C=O) groups excluding carboxylic acids is 1. The highest BCUT2D eigenvalue weighted by Crippen LogP contribution is 1.90. The SMILES string of the molecule is CN(CC(=O)NCC(=O)O)S(C)(=O)=O. The molecule has 1 amide bonds. The van der Waals surface area contributed by atoms with Gasteiger partial charge in [-0.3, -0.25) is 9.59 Å². The van der Waals surface area contributed by atoms with Gasteiger partial charge < -0.3 is 10.4 Å². The maximum atomic E-state index is 10.9. The third kappa shape index (κ3) is 5.49. The summed E-state index contributed by atoms with van der Waals surface area (Å²) in [6, 6.07) is 0. The number of hydrogen-bond donors (Lipinski definition) is 2. The van der Waals surface area contributed by atoms with E-state index in [-0.39, 0.29) is 6.54 Å². The van der Waals surface area contributed by atoms with Crippen LogP contribution in [0.1, 0.15) is 0 Å². The average molecular weight is 224 g/mol. The van der Waals surface area contributed by atoms with Crippen molar-refractivity contribution in [1.82, 2.24) is 9.62 Å². The van der Waals surface area contributed by atoms with Gasteiger partial charge in [0.15, 0.2) is 0 Å². The molecule has 0 aliphatic rings. The van der Waals surface area contributed by atoms with Crippen LogP contribution in [0.4, 0.5) is 0 Å². The molecule has 82 valence electrons. The number of aliphatic carboxylic acids is 1. The second kappa shape index (κ2) is 4.91. The van der Waals surface area contributed by atoms with Crippen LogP contribution in [0.3, 0.4) is 0 Å². The van der Waals surface area contributed by atoms with Crippen LogP contribution in [0.5, 0.6) is 0 Å². The summed E-state index contributed by atoms with van der Waals surface area (Å²) in [5.41, 5.74) is 0. The van der Waals surface area contributed by atoms with Crippen LogP contribution >= 0.6 is 0 Å². The van der Waals surface area contributed by atoms with E-state index in [9.17, 15) is 18.0 Å². The van der Waals surface area contributed by atoms with Crippen molar-refractivity contribution in [3.8, 4) is 0 Å². The number of amides is 1. The van der Waals surface area contributed by atoms with E-state index in [2.05, 4.69) is 0 Å². The topological polar surface area (TPSA) is 104 Å². The van der Waals surface area contributed by atoms with Crippen molar-refractivity contribution in [3.63, 3.8) is 0 Å². The largest absolute Gasteiger partial charge is 0.480 e. The molecule has 0 aromatic carbocycles. The minimum atomic E-state index is -3.41. The van der Waals surface area contributed by atoms with Gasteiger partial charge in [0, 0.05) is 7.05 Å². The summed E-state index contributed by atoms with van der Waals surface area (Å²) in [5, 5.41) is 10.3. The predicted octanol–water partition coefficient (Wildman–Crippen LogP) is -1.92. The fourth-order valence-corrected chi connectivity index (χ4v) is 0.901. The second-order valence-corrected chi connectivity index (χ2v) is 4.78. The van der Waals surface area contributed by atoms with Crippen molar-refractivity contribution in [3.05, 3.63) is 0 Å². The molecule has 0 aromatic heterocycles. The molecule has 0 aliphatic carbocycles. The number of sulfonamides is 1. The van der Waals surface area contributed by atoms with Crippen LogP contribution in [0.15, 0.2) is 0 Å². The highest BCUT2D eigenvalue weighted by Gasteiger charge is 2.14. The number of rotatable bonds is 5. The third-order valence-corrected chi connectivity index (χ3v) is 2.63. The van der Waals surface area contributed by atoms with Crippen LogP contribution in [0.25, 0.3) is 0 Å². The maximum Gasteiger partial charge on any atom is 0.322 e. The molecule has 8 heteroatoms. The van der Waals surface area contributed by atoms with E-state index in [0.29, 0.717) is 0 Å². The van der Waals surface area contributed by atoms with Crippen LogP contribution in [0.2, 0.25) is 0 Å². The molecular formula is C6H12N2O5S. The lowest BCUT2D eigenvalue weighted by Crippen LogP contribution is -2.39. The van der Waals surface area contributed by atoms with Gasteiger partial charge >= 0.3 is 5.97 Å². The van der Waals surface area contributed by atoms with E-state index < -0.39 is 28.4 Å². The van der Waals surface area contributed by atoms with Gasteiger partial charge in [0.2, 0.25) is 15.9 Å². The molecule has 0 saturated heterocycles. The van der Waals surface area contributed by atoms with E-state index >= 15 is 0 Å². The molecular weight excluding hydrogens is 212 g/mol. The maximum absolute atomic E-state index is 10.9. The quantitative estimate of drug-likeness (QED) is 0.566. The first kappa shape index (κ1) is 12.8. The minimum absolute atomic E-state index is 0.383. The van der Waals surface area contributed by atoms with Gasteiger partial charge in [-0.15, -0.1) is 0 Å². The fourth-order valence-electron chi connectivity index (χ4n) is 0.550. The molecule has 0 fully saturated rings. The lowest BCUT2D eigenvalue weighted by Gasteiger charge is -2.12. The number of likely N-dealkylation sites (N-methyl/N-ethyl adjacent to an activating group) is 1. The van der Waals surface area contributed by atoms with Crippen molar-refractivity contribution in [2.24, 2.45) is 0 Å². The van der Waals surface area contributed by atoms with Crippen molar-refractivity contribution >= 4 is 21.9 Å². The van der Waals surface area contributed by atoms with Gasteiger partial charge in [-0.2, -0.15) is 4.31 Å². The highest BCUT2D eigenvalue weighted by molar-refractivity contribution is 7.88. The summed E-state index contributed by atoms with van der Waals surface area (Å²) in [4.78, 5) is 21.0. The molecule has 0 saturated carbocycles. The molecule has 0 bridgehead atoms. The second-order valence-electron chi connectivity index (χ2n) is 2.69. The summed E-state index contributed by atoms with van der Waals surface area (Å²) in [7, 11) is -2.18. The molecule has 0 heterocycles. The number of carboxylic acids is 1. The number of hydrogen-bond acceptors (Lipinski definition) is 4. The smallest absolute Gasteiger partial charge is 0.322 e. The van der Waals surface area contributed by atoms with Crippen LogP contribution in [-0.4, -0.2) is 56.1 Å². The predicted molar refractivity (Wildman–Crippen MR) is 48.1 cm³/mol. The zero-order valence-electron chi connectivity index (χ0n) is 7.85. The number of carboxylic acid groups (broad SMARTS) is 1. The summed E-state index contributed by atoms with van der Waals surface area (Å²) in [6.07, 6.45) is 0.956. The van der Waals surface area contributed by atoms with E-state index in [0.717, 1.165) is 10.6 Å². The fraction of sp³-hybridized carbons (Fsp3) is 0.667. The molecule has 0 unspecified atom stereocenters. The van der Waals surface area contributed by atoms with Gasteiger partial charge in [-0.05, 0) is 0 Å². The Balaban J connectivity index is 4.02. The number of nitrogens with zero attached hydrogens (tertiary/aromatic N) is 1. The Morgan fingerprint density at radius 1 is 1.43 bits per heavy atom. The van der Waals surface area contributed by atoms with Crippen molar-refractivity contribution < 1.29 is 23.1 Å². The summed E-state index contributed by atoms with van der Waals surface area (Å²) < 4.78 is 22.5. The Bertz CT molecular complexity index is 323. The van der Waals surface area contributed by atoms with Gasteiger partial charge in [0.1, 0.15) is 6.54 Å².